The van der Waals surface area contributed by atoms with E-state index in [-0.39, 0.29) is 30.0 Å². The molecule has 2 aromatic carbocycles. The number of benzene rings is 2. The van der Waals surface area contributed by atoms with Gasteiger partial charge in [-0.15, -0.1) is 0 Å². The van der Waals surface area contributed by atoms with E-state index in [1.165, 1.54) is 18.2 Å². The summed E-state index contributed by atoms with van der Waals surface area (Å²) in [5, 5.41) is 3.96. The molecule has 6 rings (SSSR count). The second-order valence-corrected chi connectivity index (χ2v) is 10.4. The number of aromatic nitrogens is 3. The largest absolute Gasteiger partial charge is 0.371 e. The van der Waals surface area contributed by atoms with E-state index in [4.69, 9.17) is 9.47 Å². The molecule has 2 N–H and O–H groups in total. The van der Waals surface area contributed by atoms with Crippen molar-refractivity contribution in [3.8, 4) is 11.3 Å². The number of rotatable bonds is 6. The molecule has 2 saturated heterocycles. The van der Waals surface area contributed by atoms with Gasteiger partial charge in [-0.05, 0) is 30.3 Å². The predicted molar refractivity (Wildman–Crippen MR) is 130 cm³/mol. The quantitative estimate of drug-likeness (QED) is 0.410. The number of ether oxygens (including phenoxy) is 2. The lowest BCUT2D eigenvalue weighted by Crippen LogP contribution is -2.44. The zero-order valence-electron chi connectivity index (χ0n) is 18.9. The zero-order valence-corrected chi connectivity index (χ0v) is 19.7. The predicted octanol–water partition coefficient (Wildman–Crippen LogP) is 2.76. The smallest absolute Gasteiger partial charge is 0.243 e. The number of pyridine rings is 1. The van der Waals surface area contributed by atoms with Crippen LogP contribution in [0.1, 0.15) is 0 Å². The maximum Gasteiger partial charge on any atom is 0.243 e. The molecule has 9 nitrogen and oxygen atoms in total. The van der Waals surface area contributed by atoms with E-state index >= 15 is 0 Å². The second-order valence-electron chi connectivity index (χ2n) is 8.68. The third-order valence-corrected chi connectivity index (χ3v) is 7.86. The number of anilines is 1. The van der Waals surface area contributed by atoms with Crippen LogP contribution in [-0.2, 0) is 19.5 Å². The summed E-state index contributed by atoms with van der Waals surface area (Å²) in [6.45, 7) is 0.450. The van der Waals surface area contributed by atoms with Crippen molar-refractivity contribution in [3.63, 3.8) is 0 Å². The Bertz CT molecular complexity index is 1530. The number of nitrogens with one attached hydrogen (secondary N) is 2. The SMILES string of the molecule is O=S(=O)(N[C@H]1CO[C@H]2[C@@H]1OC[C@@H]2Nc1nccc(-c2cccc(F)c2)n1)c1cccc2cccnc12. The average molecular weight is 508 g/mol. The van der Waals surface area contributed by atoms with Crippen molar-refractivity contribution in [2.75, 3.05) is 18.5 Å². The molecule has 2 aliphatic rings. The first kappa shape index (κ1) is 22.9. The van der Waals surface area contributed by atoms with Crippen molar-refractivity contribution >= 4 is 26.9 Å². The number of hydrogen-bond acceptors (Lipinski definition) is 8. The van der Waals surface area contributed by atoms with E-state index < -0.39 is 28.3 Å². The number of halogens is 1. The van der Waals surface area contributed by atoms with Gasteiger partial charge in [-0.3, -0.25) is 4.98 Å². The highest BCUT2D eigenvalue weighted by molar-refractivity contribution is 7.89. The molecule has 0 amide bonds. The lowest BCUT2D eigenvalue weighted by atomic mass is 10.1. The van der Waals surface area contributed by atoms with Crippen LogP contribution in [0.2, 0.25) is 0 Å². The van der Waals surface area contributed by atoms with Crippen molar-refractivity contribution in [2.45, 2.75) is 29.2 Å². The van der Waals surface area contributed by atoms with E-state index in [9.17, 15) is 12.8 Å². The molecule has 0 saturated carbocycles. The molecule has 4 atom stereocenters. The Hall–Kier alpha value is -3.51. The highest BCUT2D eigenvalue weighted by Gasteiger charge is 2.49. The summed E-state index contributed by atoms with van der Waals surface area (Å²) in [6, 6.07) is 15.6. The van der Waals surface area contributed by atoms with Gasteiger partial charge in [0.15, 0.2) is 0 Å². The fourth-order valence-corrected chi connectivity index (χ4v) is 6.09. The Morgan fingerprint density at radius 3 is 2.53 bits per heavy atom. The first-order chi connectivity index (χ1) is 17.5. The van der Waals surface area contributed by atoms with E-state index in [2.05, 4.69) is 25.0 Å². The fourth-order valence-electron chi connectivity index (χ4n) is 4.68. The van der Waals surface area contributed by atoms with E-state index in [1.807, 2.05) is 12.1 Å². The maximum absolute atomic E-state index is 13.6. The van der Waals surface area contributed by atoms with Gasteiger partial charge in [0.25, 0.3) is 0 Å². The lowest BCUT2D eigenvalue weighted by molar-refractivity contribution is 0.0690. The number of nitrogens with zero attached hydrogens (tertiary/aromatic N) is 3. The van der Waals surface area contributed by atoms with Crippen LogP contribution in [0.15, 0.2) is 78.0 Å². The van der Waals surface area contributed by atoms with Gasteiger partial charge in [0.1, 0.15) is 22.9 Å². The third kappa shape index (κ3) is 4.30. The topological polar surface area (TPSA) is 115 Å². The summed E-state index contributed by atoms with van der Waals surface area (Å²) in [4.78, 5) is 13.1. The first-order valence-electron chi connectivity index (χ1n) is 11.4. The normalized spacial score (nSPS) is 23.6. The number of fused-ring (bicyclic) bond motifs is 2. The number of sulfonamides is 1. The molecule has 2 aliphatic heterocycles. The molecule has 11 heteroatoms. The zero-order chi connectivity index (χ0) is 24.7. The monoisotopic (exact) mass is 507 g/mol. The van der Waals surface area contributed by atoms with Crippen LogP contribution in [0, 0.1) is 5.82 Å². The van der Waals surface area contributed by atoms with Crippen molar-refractivity contribution in [1.29, 1.82) is 0 Å². The van der Waals surface area contributed by atoms with E-state index in [1.54, 1.807) is 42.7 Å². The van der Waals surface area contributed by atoms with Gasteiger partial charge < -0.3 is 14.8 Å². The van der Waals surface area contributed by atoms with Gasteiger partial charge in [-0.25, -0.2) is 27.5 Å². The van der Waals surface area contributed by atoms with Gasteiger partial charge in [0.2, 0.25) is 16.0 Å². The summed E-state index contributed by atoms with van der Waals surface area (Å²) in [7, 11) is -3.87. The second kappa shape index (κ2) is 9.17. The fraction of sp³-hybridized carbons (Fsp3) is 0.240. The minimum Gasteiger partial charge on any atom is -0.371 e. The minimum atomic E-state index is -3.87. The van der Waals surface area contributed by atoms with Crippen molar-refractivity contribution < 1.29 is 22.3 Å². The Morgan fingerprint density at radius 2 is 1.67 bits per heavy atom. The molecule has 184 valence electrons. The van der Waals surface area contributed by atoms with Crippen LogP contribution in [-0.4, -0.2) is 60.9 Å². The molecule has 4 heterocycles. The Labute approximate surface area is 206 Å². The highest BCUT2D eigenvalue weighted by atomic mass is 32.2. The Morgan fingerprint density at radius 1 is 0.889 bits per heavy atom. The molecular weight excluding hydrogens is 485 g/mol. The highest BCUT2D eigenvalue weighted by Crippen LogP contribution is 2.30. The molecule has 4 aromatic rings. The van der Waals surface area contributed by atoms with Crippen LogP contribution in [0.5, 0.6) is 0 Å². The molecule has 0 bridgehead atoms. The molecule has 0 unspecified atom stereocenters. The Balaban J connectivity index is 1.17. The standard InChI is InChI=1S/C25H22FN5O4S/c26-17-7-1-5-16(12-17)18-9-11-28-25(29-18)30-19-13-34-24-20(14-35-23(19)24)31-36(32,33)21-8-2-4-15-6-3-10-27-22(15)21/h1-12,19-20,23-24,31H,13-14H2,(H,28,29,30)/t19-,20-,23+,24+/m0/s1. The molecule has 0 spiro atoms. The van der Waals surface area contributed by atoms with Gasteiger partial charge in [0, 0.05) is 23.3 Å². The summed E-state index contributed by atoms with van der Waals surface area (Å²) >= 11 is 0. The Kier molecular flexibility index (Phi) is 5.84. The van der Waals surface area contributed by atoms with Gasteiger partial charge >= 0.3 is 0 Å². The minimum absolute atomic E-state index is 0.110. The van der Waals surface area contributed by atoms with E-state index in [0.717, 1.165) is 5.39 Å². The van der Waals surface area contributed by atoms with Crippen molar-refractivity contribution in [1.82, 2.24) is 19.7 Å². The number of para-hydroxylation sites is 1. The molecule has 0 radical (unpaired) electrons. The molecule has 0 aliphatic carbocycles. The average Bonchev–Trinajstić information content (AvgIpc) is 3.47. The third-order valence-electron chi connectivity index (χ3n) is 6.34. The summed E-state index contributed by atoms with van der Waals surface area (Å²) in [5.41, 5.74) is 1.62. The maximum atomic E-state index is 13.6. The van der Waals surface area contributed by atoms with Gasteiger partial charge in [-0.1, -0.05) is 30.3 Å². The number of hydrogen-bond donors (Lipinski definition) is 2. The first-order valence-corrected chi connectivity index (χ1v) is 12.9. The van der Waals surface area contributed by atoms with Crippen LogP contribution >= 0.6 is 0 Å². The lowest BCUT2D eigenvalue weighted by Gasteiger charge is -2.19. The molecule has 2 fully saturated rings. The van der Waals surface area contributed by atoms with Gasteiger partial charge in [0.05, 0.1) is 36.5 Å². The van der Waals surface area contributed by atoms with E-state index in [0.29, 0.717) is 22.7 Å². The summed E-state index contributed by atoms with van der Waals surface area (Å²) < 4.78 is 54.7. The summed E-state index contributed by atoms with van der Waals surface area (Å²) in [6.07, 6.45) is 2.28. The van der Waals surface area contributed by atoms with Crippen LogP contribution in [0.3, 0.4) is 0 Å². The van der Waals surface area contributed by atoms with Gasteiger partial charge in [-0.2, -0.15) is 0 Å². The van der Waals surface area contributed by atoms with Crippen LogP contribution in [0.25, 0.3) is 22.2 Å². The molecule has 2 aromatic heterocycles. The van der Waals surface area contributed by atoms with Crippen LogP contribution < -0.4 is 10.0 Å². The molecular formula is C25H22FN5O4S. The summed E-state index contributed by atoms with van der Waals surface area (Å²) in [5.74, 6) is 0.000240. The van der Waals surface area contributed by atoms with Crippen LogP contribution in [0.4, 0.5) is 10.3 Å². The van der Waals surface area contributed by atoms with Crippen molar-refractivity contribution in [3.05, 3.63) is 78.9 Å². The molecule has 36 heavy (non-hydrogen) atoms. The van der Waals surface area contributed by atoms with Crippen molar-refractivity contribution in [2.24, 2.45) is 0 Å².